The van der Waals surface area contributed by atoms with E-state index in [2.05, 4.69) is 265 Å². The molecule has 0 bridgehead atoms. The van der Waals surface area contributed by atoms with Crippen LogP contribution in [-0.4, -0.2) is 168 Å². The number of carbonyl (C=O) groups excluding carboxylic acids is 3. The Hall–Kier alpha value is 1.19. The molecule has 7 N–H and O–H groups in total. The predicted octanol–water partition coefficient (Wildman–Crippen LogP) is 2.90. The summed E-state index contributed by atoms with van der Waals surface area (Å²) in [4.78, 5) is 35.7. The van der Waals surface area contributed by atoms with Crippen LogP contribution in [0.3, 0.4) is 0 Å². The largest absolute Gasteiger partial charge is 1.00 e. The Morgan fingerprint density at radius 2 is 0.992 bits per heavy atom. The maximum Gasteiger partial charge on any atom is 1.00 e. The van der Waals surface area contributed by atoms with Gasteiger partial charge in [-0.05, 0) is 294 Å². The molecule has 1 atom stereocenters. The van der Waals surface area contributed by atoms with Gasteiger partial charge in [0.05, 0.1) is 89.2 Å². The molecule has 7 heterocycles. The Labute approximate surface area is 929 Å². The maximum atomic E-state index is 12.2. The van der Waals surface area contributed by atoms with Crippen LogP contribution < -0.4 is 194 Å². The second-order valence-electron chi connectivity index (χ2n) is 28.7. The van der Waals surface area contributed by atoms with Crippen molar-refractivity contribution in [3.8, 4) is 12.1 Å². The normalized spacial score (nSPS) is 11.2. The molecular formula is C69H107BBr6Cl2FIK3N15NaO18S2-. The fourth-order valence-corrected chi connectivity index (χ4v) is 9.73. The Kier molecular flexibility index (Phi) is 86.1. The van der Waals surface area contributed by atoms with Crippen molar-refractivity contribution in [2.45, 2.75) is 223 Å². The fourth-order valence-electron chi connectivity index (χ4n) is 6.58. The minimum absolute atomic E-state index is 0. The first kappa shape index (κ1) is 141. The van der Waals surface area contributed by atoms with Gasteiger partial charge in [-0.25, -0.2) is 14.0 Å². The number of aliphatic hydroxyl groups is 2. The van der Waals surface area contributed by atoms with Crippen LogP contribution in [0.15, 0.2) is 89.1 Å². The van der Waals surface area contributed by atoms with E-state index in [1.54, 1.807) is 45.5 Å². The van der Waals surface area contributed by atoms with Gasteiger partial charge in [-0.3, -0.25) is 46.6 Å². The molecule has 119 heavy (non-hydrogen) atoms. The van der Waals surface area contributed by atoms with E-state index in [4.69, 9.17) is 105 Å². The van der Waals surface area contributed by atoms with Gasteiger partial charge in [0.1, 0.15) is 44.6 Å². The third kappa shape index (κ3) is 71.6. The van der Waals surface area contributed by atoms with Gasteiger partial charge in [0.2, 0.25) is 0 Å². The van der Waals surface area contributed by atoms with Gasteiger partial charge in [0.15, 0.2) is 0 Å². The van der Waals surface area contributed by atoms with E-state index < -0.39 is 38.8 Å². The second kappa shape index (κ2) is 72.8. The van der Waals surface area contributed by atoms with E-state index >= 15 is 0 Å². The number of nitrogens with zero attached hydrogens (tertiary/aromatic N) is 14. The molecule has 1 aliphatic rings. The Morgan fingerprint density at radius 1 is 0.681 bits per heavy atom. The molecule has 7 aromatic rings. The SMILES string of the molecule is C1CCOC1.CC(C)(C#N)c1cn(C(C)(C)C)nc1Br.CC(C)(C)O.CC(C)(C)n1cc(CC#N)c(Br)n1.CC(C)(C)n1cc(CCl)c(Br)n1.CC(C)(C)n1cc(CO)c(Br)n1.CCOC(=O)c1cn(C(C)(C)C)nc1Br.CCOC(=O)c1cn[nH]c1Br.CI.O=CO[O-].O=S(=O)(O)O.O=S([O-])Cl.OB(O)c1ccc(F)cc1.[C-]#N.[H-].[H-].[K+].[K+].[K+].[Na+]. The molecule has 1 saturated heterocycles. The van der Waals surface area contributed by atoms with Crippen molar-refractivity contribution in [1.82, 2.24) is 59.1 Å². The van der Waals surface area contributed by atoms with Crippen LogP contribution >= 0.6 is 140 Å². The van der Waals surface area contributed by atoms with Crippen molar-refractivity contribution < 1.29 is 276 Å². The summed E-state index contributed by atoms with van der Waals surface area (Å²) in [5.41, 5.74) is 3.65. The molecule has 0 radical (unpaired) electrons. The van der Waals surface area contributed by atoms with Crippen molar-refractivity contribution in [2.75, 3.05) is 31.4 Å². The van der Waals surface area contributed by atoms with Crippen LogP contribution in [0.4, 0.5) is 4.39 Å². The first-order chi connectivity index (χ1) is 52.5. The Balaban J connectivity index is -0.000000108. The van der Waals surface area contributed by atoms with Gasteiger partial charge >= 0.3 is 213 Å². The average Bonchev–Trinajstić information content (AvgIpc) is 1.67. The zero-order valence-electron chi connectivity index (χ0n) is 74.2. The molecule has 0 saturated carbocycles. The zero-order chi connectivity index (χ0) is 91.6. The molecule has 0 aliphatic carbocycles. The van der Waals surface area contributed by atoms with E-state index in [9.17, 15) is 14.0 Å². The minimum atomic E-state index is -4.67. The average molecular weight is 2350 g/mol. The zero-order valence-corrected chi connectivity index (χ0v) is 98.4. The number of ether oxygens (including phenoxy) is 3. The summed E-state index contributed by atoms with van der Waals surface area (Å²) in [5, 5.41) is 94.5. The van der Waals surface area contributed by atoms with Crippen LogP contribution in [0.5, 0.6) is 0 Å². The monoisotopic (exact) mass is 2340 g/mol. The number of H-pyrrole nitrogens is 1. The number of alkyl halides is 2. The second-order valence-corrected chi connectivity index (χ2v) is 35.6. The number of aromatic amines is 1. The van der Waals surface area contributed by atoms with Crippen molar-refractivity contribution in [3.63, 3.8) is 0 Å². The van der Waals surface area contributed by atoms with Crippen molar-refractivity contribution in [2.24, 2.45) is 0 Å². The van der Waals surface area contributed by atoms with Crippen molar-refractivity contribution >= 4 is 192 Å². The number of nitriles is 2. The summed E-state index contributed by atoms with van der Waals surface area (Å²) in [6.45, 7) is 50.9. The first-order valence-electron chi connectivity index (χ1n) is 33.4. The topological polar surface area (TPSA) is 496 Å². The quantitative estimate of drug-likeness (QED) is 0.00884. The van der Waals surface area contributed by atoms with Crippen molar-refractivity contribution in [3.05, 3.63) is 135 Å². The van der Waals surface area contributed by atoms with Crippen LogP contribution in [0.25, 0.3) is 0 Å². The number of benzene rings is 1. The summed E-state index contributed by atoms with van der Waals surface area (Å²) in [5.74, 6) is -0.603. The maximum absolute atomic E-state index is 12.2. The summed E-state index contributed by atoms with van der Waals surface area (Å²) in [6, 6.07) is 9.38. The van der Waals surface area contributed by atoms with Crippen LogP contribution in [-0.2, 0) is 96.6 Å². The van der Waals surface area contributed by atoms with Crippen LogP contribution in [0.2, 0.25) is 0 Å². The molecule has 33 nitrogen and oxygen atoms in total. The molecule has 0 amide bonds. The molecule has 656 valence electrons. The Bertz CT molecular complexity index is 4100. The number of aromatic nitrogens is 12. The first-order valence-corrected chi connectivity index (χ1v) is 44.2. The van der Waals surface area contributed by atoms with Gasteiger partial charge in [-0.1, -0.05) is 34.7 Å². The number of rotatable bonds is 10. The Morgan fingerprint density at radius 3 is 1.24 bits per heavy atom. The molecule has 6 aromatic heterocycles. The smallest absolute Gasteiger partial charge is 1.00 e. The third-order valence-corrected chi connectivity index (χ3v) is 16.2. The summed E-state index contributed by atoms with van der Waals surface area (Å²) >= 11 is 27.6. The van der Waals surface area contributed by atoms with Crippen molar-refractivity contribution in [1.29, 1.82) is 15.8 Å². The summed E-state index contributed by atoms with van der Waals surface area (Å²) < 4.78 is 89.3. The number of halogens is 10. The van der Waals surface area contributed by atoms with E-state index in [0.717, 1.165) is 53.9 Å². The molecule has 8 rings (SSSR count). The minimum Gasteiger partial charge on any atom is -1.00 e. The third-order valence-electron chi connectivity index (χ3n) is 12.1. The van der Waals surface area contributed by atoms with Crippen LogP contribution in [0.1, 0.15) is 211 Å². The summed E-state index contributed by atoms with van der Waals surface area (Å²) in [7, 11) is -4.38. The van der Waals surface area contributed by atoms with Crippen LogP contribution in [0, 0.1) is 40.3 Å². The van der Waals surface area contributed by atoms with Gasteiger partial charge in [-0.2, -0.15) is 49.5 Å². The molecule has 1 fully saturated rings. The molecule has 50 heteroatoms. The molecular weight excluding hydrogens is 2240 g/mol. The number of carbonyl (C=O) groups is 3. The fraction of sp³-hybridized carbons (Fsp3) is 0.565. The van der Waals surface area contributed by atoms with Gasteiger partial charge < -0.3 is 63.9 Å². The van der Waals surface area contributed by atoms with Gasteiger partial charge in [0, 0.05) is 76.7 Å². The van der Waals surface area contributed by atoms with E-state index in [1.807, 2.05) is 83.1 Å². The molecule has 1 aliphatic heterocycles. The van der Waals surface area contributed by atoms with E-state index in [-0.39, 0.29) is 245 Å². The number of hydrogen-bond acceptors (Lipinski definition) is 25. The number of hydrogen-bond donors (Lipinski definition) is 7. The van der Waals surface area contributed by atoms with E-state index in [0.29, 0.717) is 51.3 Å². The molecule has 1 aromatic carbocycles. The molecule has 1 unspecified atom stereocenters. The molecule has 0 spiro atoms. The summed E-state index contributed by atoms with van der Waals surface area (Å²) in [6.07, 6.45) is 13.7. The number of esters is 2. The standard InChI is InChI=1S/C11H16BrN3.C10H15BrN2O2.C9H12BrN3.C8H12BrClN2.C8H13BrN2O.C6H6BFO2.C6H7BrN2O2.C4H8O.C4H10O.CH3I.CN.CH2O3.ClHO2S.3K.Na.H2O4S.2H/c1-10(2,3)15-6-8(9(12)14-15)11(4,5)7-13;1-5-15-9(14)7-6-13(10(2,3)4)12-8(7)11;1-9(2,3)13-6-7(4-5-11)8(10)12-13;1-8(2,3)12-5-6(4-10)7(9)11-12;1-8(2,3)11-4-6(5-12)7(9)10-11;8-6-3-1-5(2-4-6)7(9)10;1-2-11-6(10)4-3-8-9-5(4)7;1-2-4-5-3-1;1-4(2,3)5;2*1-2;2-1-4-3;1-4(2)3;;;;;1-5(2,3)4;;/h6H,1-5H3;6H,5H2,1-4H3;6H,4H2,1-3H3;5H,4H2,1-3H3;4,12H,5H2,1-3H3;1-4,9-10H;3H,2H2,1H3,(H,8,9);1-4H2;5H,1-3H3;1H3;;1,3H;(H,2,3);;;;;(H2,1,2,3,4);;/q;;;;;;;;;;-1;;;4*+1;;2*-1/p-2. The van der Waals surface area contributed by atoms with E-state index in [1.165, 1.54) is 43.3 Å². The number of nitrogens with one attached hydrogen (secondary N) is 1. The van der Waals surface area contributed by atoms with Gasteiger partial charge in [0.25, 0.3) is 6.47 Å². The van der Waals surface area contributed by atoms with Gasteiger partial charge in [-0.15, -0.1) is 11.6 Å². The predicted molar refractivity (Wildman–Crippen MR) is 468 cm³/mol. The number of aliphatic hydroxyl groups excluding tert-OH is 1.